The van der Waals surface area contributed by atoms with E-state index in [1.165, 1.54) is 5.56 Å². The van der Waals surface area contributed by atoms with Crippen LogP contribution in [0, 0.1) is 20.8 Å². The van der Waals surface area contributed by atoms with Crippen LogP contribution < -0.4 is 0 Å². The van der Waals surface area contributed by atoms with E-state index in [0.29, 0.717) is 6.42 Å². The maximum Gasteiger partial charge on any atom is 0.168 e. The standard InChI is InChI=1S/C17H19NO2/c1-10-8-11(2)15(12(3)9-10)17-16-13(19)6-4-5-7-14(16)20-18-17/h8-9H,4-7H2,1-3H3. The highest BCUT2D eigenvalue weighted by Gasteiger charge is 2.27. The van der Waals surface area contributed by atoms with E-state index in [0.717, 1.165) is 53.0 Å². The zero-order valence-electron chi connectivity index (χ0n) is 12.2. The molecule has 3 heteroatoms. The summed E-state index contributed by atoms with van der Waals surface area (Å²) in [6.45, 7) is 6.22. The molecule has 1 aromatic carbocycles. The van der Waals surface area contributed by atoms with Crippen molar-refractivity contribution < 1.29 is 9.32 Å². The molecule has 3 rings (SSSR count). The third kappa shape index (κ3) is 2.07. The first-order valence-electron chi connectivity index (χ1n) is 7.18. The molecule has 0 saturated carbocycles. The number of rotatable bonds is 1. The molecule has 104 valence electrons. The molecule has 0 N–H and O–H groups in total. The number of aromatic nitrogens is 1. The second-order valence-electron chi connectivity index (χ2n) is 5.73. The van der Waals surface area contributed by atoms with Gasteiger partial charge in [0, 0.05) is 18.4 Å². The Kier molecular flexibility index (Phi) is 3.20. The van der Waals surface area contributed by atoms with Crippen molar-refractivity contribution >= 4 is 5.78 Å². The summed E-state index contributed by atoms with van der Waals surface area (Å²) in [4.78, 5) is 12.4. The van der Waals surface area contributed by atoms with Gasteiger partial charge in [0.05, 0.1) is 5.56 Å². The Bertz CT molecular complexity index is 659. The number of carbonyl (C=O) groups is 1. The second kappa shape index (κ2) is 4.89. The van der Waals surface area contributed by atoms with Crippen molar-refractivity contribution in [1.82, 2.24) is 5.16 Å². The molecule has 0 bridgehead atoms. The lowest BCUT2D eigenvalue weighted by atomic mass is 9.93. The van der Waals surface area contributed by atoms with Crippen LogP contribution in [0.5, 0.6) is 0 Å². The first-order chi connectivity index (χ1) is 9.58. The third-order valence-electron chi connectivity index (χ3n) is 4.01. The van der Waals surface area contributed by atoms with Crippen molar-refractivity contribution in [2.24, 2.45) is 0 Å². The molecule has 0 fully saturated rings. The van der Waals surface area contributed by atoms with Crippen LogP contribution in [0.2, 0.25) is 0 Å². The molecule has 0 amide bonds. The minimum absolute atomic E-state index is 0.174. The summed E-state index contributed by atoms with van der Waals surface area (Å²) in [5.74, 6) is 0.940. The van der Waals surface area contributed by atoms with Crippen LogP contribution in [0.25, 0.3) is 11.3 Å². The van der Waals surface area contributed by atoms with Crippen LogP contribution >= 0.6 is 0 Å². The van der Waals surface area contributed by atoms with E-state index < -0.39 is 0 Å². The Balaban J connectivity index is 2.22. The van der Waals surface area contributed by atoms with Crippen LogP contribution in [0.3, 0.4) is 0 Å². The number of hydrogen-bond donors (Lipinski definition) is 0. The molecular weight excluding hydrogens is 250 g/mol. The van der Waals surface area contributed by atoms with Crippen LogP contribution in [0.15, 0.2) is 16.7 Å². The molecule has 0 aliphatic heterocycles. The Labute approximate surface area is 119 Å². The molecule has 0 radical (unpaired) electrons. The lowest BCUT2D eigenvalue weighted by Gasteiger charge is -2.10. The number of nitrogens with zero attached hydrogens (tertiary/aromatic N) is 1. The highest BCUT2D eigenvalue weighted by molar-refractivity contribution is 6.03. The number of Topliss-reactive ketones (excluding diaryl/α,β-unsaturated/α-hetero) is 1. The molecule has 0 saturated heterocycles. The molecule has 20 heavy (non-hydrogen) atoms. The van der Waals surface area contributed by atoms with E-state index in [1.807, 2.05) is 0 Å². The lowest BCUT2D eigenvalue weighted by molar-refractivity contribution is 0.0982. The number of fused-ring (bicyclic) bond motifs is 1. The highest BCUT2D eigenvalue weighted by Crippen LogP contribution is 2.34. The van der Waals surface area contributed by atoms with Gasteiger partial charge in [0.2, 0.25) is 0 Å². The quantitative estimate of drug-likeness (QED) is 0.729. The van der Waals surface area contributed by atoms with Crippen molar-refractivity contribution in [3.05, 3.63) is 40.1 Å². The molecule has 1 aliphatic rings. The van der Waals surface area contributed by atoms with E-state index in [1.54, 1.807) is 0 Å². The predicted molar refractivity (Wildman–Crippen MR) is 78.0 cm³/mol. The van der Waals surface area contributed by atoms with Gasteiger partial charge in [-0.2, -0.15) is 0 Å². The summed E-state index contributed by atoms with van der Waals surface area (Å²) in [5, 5.41) is 4.22. The van der Waals surface area contributed by atoms with Gasteiger partial charge in [0.25, 0.3) is 0 Å². The summed E-state index contributed by atoms with van der Waals surface area (Å²) in [7, 11) is 0. The first kappa shape index (κ1) is 13.1. The molecule has 1 heterocycles. The van der Waals surface area contributed by atoms with Gasteiger partial charge in [-0.1, -0.05) is 22.9 Å². The molecule has 3 nitrogen and oxygen atoms in total. The molecule has 0 atom stereocenters. The van der Waals surface area contributed by atoms with E-state index in [-0.39, 0.29) is 5.78 Å². The van der Waals surface area contributed by atoms with Gasteiger partial charge in [-0.05, 0) is 44.7 Å². The molecule has 1 aromatic heterocycles. The van der Waals surface area contributed by atoms with Crippen molar-refractivity contribution in [2.75, 3.05) is 0 Å². The van der Waals surface area contributed by atoms with Gasteiger partial charge in [-0.15, -0.1) is 0 Å². The number of carbonyl (C=O) groups excluding carboxylic acids is 1. The van der Waals surface area contributed by atoms with Crippen molar-refractivity contribution in [3.63, 3.8) is 0 Å². The zero-order valence-corrected chi connectivity index (χ0v) is 12.2. The van der Waals surface area contributed by atoms with Crippen LogP contribution in [-0.2, 0) is 6.42 Å². The Morgan fingerprint density at radius 2 is 1.65 bits per heavy atom. The van der Waals surface area contributed by atoms with Gasteiger partial charge in [-0.3, -0.25) is 4.79 Å². The van der Waals surface area contributed by atoms with Gasteiger partial charge in [0.1, 0.15) is 11.5 Å². The fourth-order valence-corrected chi connectivity index (χ4v) is 3.20. The second-order valence-corrected chi connectivity index (χ2v) is 5.73. The van der Waals surface area contributed by atoms with E-state index in [4.69, 9.17) is 4.52 Å². The minimum atomic E-state index is 0.174. The van der Waals surface area contributed by atoms with E-state index >= 15 is 0 Å². The Morgan fingerprint density at radius 1 is 1.00 bits per heavy atom. The number of benzene rings is 1. The third-order valence-corrected chi connectivity index (χ3v) is 4.01. The lowest BCUT2D eigenvalue weighted by Crippen LogP contribution is -2.01. The molecule has 2 aromatic rings. The van der Waals surface area contributed by atoms with E-state index in [2.05, 4.69) is 38.1 Å². The molecule has 0 spiro atoms. The van der Waals surface area contributed by atoms with Crippen LogP contribution in [0.4, 0.5) is 0 Å². The Morgan fingerprint density at radius 3 is 2.35 bits per heavy atom. The number of ketones is 1. The first-order valence-corrected chi connectivity index (χ1v) is 7.18. The SMILES string of the molecule is Cc1cc(C)c(-c2noc3c2C(=O)CCCC3)c(C)c1. The monoisotopic (exact) mass is 269 g/mol. The van der Waals surface area contributed by atoms with Crippen LogP contribution in [0.1, 0.15) is 52.1 Å². The fourth-order valence-electron chi connectivity index (χ4n) is 3.20. The topological polar surface area (TPSA) is 43.1 Å². The van der Waals surface area contributed by atoms with Gasteiger partial charge in [-0.25, -0.2) is 0 Å². The highest BCUT2D eigenvalue weighted by atomic mass is 16.5. The van der Waals surface area contributed by atoms with Crippen LogP contribution in [-0.4, -0.2) is 10.9 Å². The van der Waals surface area contributed by atoms with Gasteiger partial charge in [0.15, 0.2) is 5.78 Å². The van der Waals surface area contributed by atoms with Crippen molar-refractivity contribution in [1.29, 1.82) is 0 Å². The maximum atomic E-state index is 12.4. The fraction of sp³-hybridized carbons (Fsp3) is 0.412. The Hall–Kier alpha value is -1.90. The largest absolute Gasteiger partial charge is 0.360 e. The summed E-state index contributed by atoms with van der Waals surface area (Å²) in [6.07, 6.45) is 3.36. The van der Waals surface area contributed by atoms with Gasteiger partial charge >= 0.3 is 0 Å². The minimum Gasteiger partial charge on any atom is -0.360 e. The smallest absolute Gasteiger partial charge is 0.168 e. The van der Waals surface area contributed by atoms with Crippen molar-refractivity contribution in [3.8, 4) is 11.3 Å². The molecular formula is C17H19NO2. The van der Waals surface area contributed by atoms with E-state index in [9.17, 15) is 4.79 Å². The maximum absolute atomic E-state index is 12.4. The summed E-state index contributed by atoms with van der Waals surface area (Å²) < 4.78 is 5.46. The average Bonchev–Trinajstić information content (AvgIpc) is 2.68. The summed E-state index contributed by atoms with van der Waals surface area (Å²) in [5.41, 5.74) is 6.03. The molecule has 0 unspecified atom stereocenters. The van der Waals surface area contributed by atoms with Gasteiger partial charge < -0.3 is 4.52 Å². The molecule has 1 aliphatic carbocycles. The zero-order chi connectivity index (χ0) is 14.3. The predicted octanol–water partition coefficient (Wildman–Crippen LogP) is 4.18. The summed E-state index contributed by atoms with van der Waals surface area (Å²) >= 11 is 0. The number of aryl methyl sites for hydroxylation is 4. The van der Waals surface area contributed by atoms with Crippen molar-refractivity contribution in [2.45, 2.75) is 46.5 Å². The average molecular weight is 269 g/mol. The normalized spacial score (nSPS) is 15.1. The number of hydrogen-bond acceptors (Lipinski definition) is 3. The summed E-state index contributed by atoms with van der Waals surface area (Å²) in [6, 6.07) is 4.26.